The van der Waals surface area contributed by atoms with Crippen molar-refractivity contribution in [1.82, 2.24) is 9.97 Å². The fourth-order valence-corrected chi connectivity index (χ4v) is 1.61. The topological polar surface area (TPSA) is 63.1 Å². The molecule has 1 N–H and O–H groups in total. The van der Waals surface area contributed by atoms with Crippen LogP contribution in [0.3, 0.4) is 0 Å². The van der Waals surface area contributed by atoms with Gasteiger partial charge in [0.15, 0.2) is 11.4 Å². The molecule has 2 rings (SSSR count). The van der Waals surface area contributed by atoms with Crippen molar-refractivity contribution in [2.45, 2.75) is 33.3 Å². The second-order valence-electron chi connectivity index (χ2n) is 5.21. The Bertz CT molecular complexity index is 753. The summed E-state index contributed by atoms with van der Waals surface area (Å²) in [7, 11) is 0. The van der Waals surface area contributed by atoms with Crippen LogP contribution in [0.25, 0.3) is 0 Å². The van der Waals surface area contributed by atoms with Gasteiger partial charge in [0.05, 0.1) is 5.69 Å². The number of hydrogen-bond acceptors (Lipinski definition) is 4. The number of aryl methyl sites for hydroxylation is 2. The van der Waals surface area contributed by atoms with E-state index in [2.05, 4.69) is 22.3 Å². The van der Waals surface area contributed by atoms with Crippen molar-refractivity contribution in [1.29, 1.82) is 0 Å². The second-order valence-corrected chi connectivity index (χ2v) is 5.21. The molecular formula is C20H21BrMgN2O2. The minimum absolute atomic E-state index is 0. The summed E-state index contributed by atoms with van der Waals surface area (Å²) in [5.41, 5.74) is 1.91. The molecule has 1 unspecified atom stereocenters. The molecule has 0 amide bonds. The fraction of sp³-hybridized carbons (Fsp3) is 0.250. The van der Waals surface area contributed by atoms with Crippen LogP contribution in [0, 0.1) is 39.0 Å². The van der Waals surface area contributed by atoms with E-state index in [1.54, 1.807) is 31.5 Å². The number of ketones is 1. The SMILES string of the molecule is C#CC(C)(O)c1cc(C)ccn1.CC(=O)c1cc(C)ccn1.[Br-].[C-]#C.[Mg+2]. The van der Waals surface area contributed by atoms with Crippen molar-refractivity contribution in [2.24, 2.45) is 0 Å². The van der Waals surface area contributed by atoms with E-state index in [0.29, 0.717) is 11.4 Å². The zero-order valence-corrected chi connectivity index (χ0v) is 18.5. The minimum Gasteiger partial charge on any atom is -1.00 e. The minimum atomic E-state index is -1.26. The van der Waals surface area contributed by atoms with Crippen LogP contribution in [0.15, 0.2) is 36.7 Å². The van der Waals surface area contributed by atoms with Crippen LogP contribution in [0.4, 0.5) is 0 Å². The maximum Gasteiger partial charge on any atom is 2.00 e. The van der Waals surface area contributed by atoms with Gasteiger partial charge in [-0.2, -0.15) is 0 Å². The molecule has 0 saturated heterocycles. The molecule has 0 aliphatic carbocycles. The van der Waals surface area contributed by atoms with E-state index in [0.717, 1.165) is 11.1 Å². The molecule has 0 fully saturated rings. The molecule has 0 saturated carbocycles. The number of pyridine rings is 2. The molecule has 0 aliphatic heterocycles. The molecule has 0 radical (unpaired) electrons. The van der Waals surface area contributed by atoms with E-state index in [1.807, 2.05) is 26.0 Å². The van der Waals surface area contributed by atoms with Gasteiger partial charge in [0.1, 0.15) is 5.69 Å². The van der Waals surface area contributed by atoms with Gasteiger partial charge in [-0.3, -0.25) is 14.8 Å². The van der Waals surface area contributed by atoms with E-state index in [9.17, 15) is 9.90 Å². The number of aromatic nitrogens is 2. The van der Waals surface area contributed by atoms with Gasteiger partial charge in [-0.05, 0) is 56.2 Å². The predicted molar refractivity (Wildman–Crippen MR) is 100 cm³/mol. The second kappa shape index (κ2) is 14.5. The average Bonchev–Trinajstić information content (AvgIpc) is 2.57. The summed E-state index contributed by atoms with van der Waals surface area (Å²) >= 11 is 0. The van der Waals surface area contributed by atoms with Gasteiger partial charge in [-0.1, -0.05) is 5.92 Å². The summed E-state index contributed by atoms with van der Waals surface area (Å²) in [5.74, 6) is 2.30. The molecule has 2 aromatic rings. The number of halogens is 1. The number of terminal acetylenes is 2. The Hall–Kier alpha value is -1.70. The monoisotopic (exact) mass is 424 g/mol. The Morgan fingerprint density at radius 1 is 1.15 bits per heavy atom. The Kier molecular flexibility index (Phi) is 16.2. The maximum atomic E-state index is 10.7. The third-order valence-electron chi connectivity index (χ3n) is 2.97. The molecule has 2 heterocycles. The summed E-state index contributed by atoms with van der Waals surface area (Å²) in [6.07, 6.45) is 17.4. The average molecular weight is 426 g/mol. The van der Waals surface area contributed by atoms with E-state index < -0.39 is 5.60 Å². The number of rotatable bonds is 2. The van der Waals surface area contributed by atoms with Crippen LogP contribution >= 0.6 is 0 Å². The van der Waals surface area contributed by atoms with Gasteiger partial charge in [0, 0.05) is 19.3 Å². The van der Waals surface area contributed by atoms with Gasteiger partial charge < -0.3 is 34.9 Å². The van der Waals surface area contributed by atoms with Crippen molar-refractivity contribution in [2.75, 3.05) is 0 Å². The Balaban J connectivity index is -0.000000350. The van der Waals surface area contributed by atoms with Crippen LogP contribution < -0.4 is 17.0 Å². The first-order chi connectivity index (χ1) is 11.3. The third kappa shape index (κ3) is 10.3. The third-order valence-corrected chi connectivity index (χ3v) is 2.97. The van der Waals surface area contributed by atoms with Crippen LogP contribution in [0.2, 0.25) is 0 Å². The molecule has 0 spiro atoms. The Labute approximate surface area is 182 Å². The van der Waals surface area contributed by atoms with Crippen LogP contribution in [0.1, 0.15) is 41.2 Å². The standard InChI is InChI=1S/C10H11NO.C8H9NO.C2H.BrH.Mg/c1-4-10(3,12)9-7-8(2)5-6-11-9;1-6-3-4-9-8(5-6)7(2)10;1-2;;/h1,5-7,12H,2-3H3;3-5H,1-2H3;1H;1H;/q;;-1;;+2/p-1. The summed E-state index contributed by atoms with van der Waals surface area (Å²) in [5, 5.41) is 9.62. The van der Waals surface area contributed by atoms with Crippen LogP contribution in [-0.4, -0.2) is 43.9 Å². The summed E-state index contributed by atoms with van der Waals surface area (Å²) in [4.78, 5) is 18.6. The van der Waals surface area contributed by atoms with Gasteiger partial charge in [0.25, 0.3) is 0 Å². The van der Waals surface area contributed by atoms with E-state index in [-0.39, 0.29) is 45.8 Å². The van der Waals surface area contributed by atoms with Crippen molar-refractivity contribution in [3.05, 3.63) is 65.6 Å². The van der Waals surface area contributed by atoms with Crippen molar-refractivity contribution in [3.63, 3.8) is 0 Å². The van der Waals surface area contributed by atoms with Gasteiger partial charge in [-0.25, -0.2) is 0 Å². The maximum absolute atomic E-state index is 10.7. The summed E-state index contributed by atoms with van der Waals surface area (Å²) in [6, 6.07) is 7.28. The molecule has 26 heavy (non-hydrogen) atoms. The van der Waals surface area contributed by atoms with E-state index in [1.165, 1.54) is 6.92 Å². The normalized spacial score (nSPS) is 10.5. The zero-order chi connectivity index (χ0) is 18.8. The molecule has 132 valence electrons. The quantitative estimate of drug-likeness (QED) is 0.309. The summed E-state index contributed by atoms with van der Waals surface area (Å²) < 4.78 is 0. The number of carbonyl (C=O) groups excluding carboxylic acids is 1. The number of hydrogen-bond donors (Lipinski definition) is 1. The zero-order valence-electron chi connectivity index (χ0n) is 15.5. The summed E-state index contributed by atoms with van der Waals surface area (Å²) in [6.45, 7) is 6.93. The first-order valence-electron chi connectivity index (χ1n) is 7.12. The molecule has 2 aromatic heterocycles. The molecular weight excluding hydrogens is 404 g/mol. The van der Waals surface area contributed by atoms with Gasteiger partial charge >= 0.3 is 23.1 Å². The largest absolute Gasteiger partial charge is 2.00 e. The predicted octanol–water partition coefficient (Wildman–Crippen LogP) is -0.347. The van der Waals surface area contributed by atoms with Crippen LogP contribution in [-0.2, 0) is 5.60 Å². The number of carbonyl (C=O) groups is 1. The Morgan fingerprint density at radius 2 is 1.62 bits per heavy atom. The fourth-order valence-electron chi connectivity index (χ4n) is 1.61. The van der Waals surface area contributed by atoms with Crippen molar-refractivity contribution < 1.29 is 26.9 Å². The molecule has 1 atom stereocenters. The number of Topliss-reactive ketones (excluding diaryl/α,β-unsaturated/α-hetero) is 1. The van der Waals surface area contributed by atoms with Crippen molar-refractivity contribution >= 4 is 28.8 Å². The van der Waals surface area contributed by atoms with E-state index in [4.69, 9.17) is 12.8 Å². The first-order valence-corrected chi connectivity index (χ1v) is 7.12. The number of nitrogens with zero attached hydrogens (tertiary/aromatic N) is 2. The molecule has 4 nitrogen and oxygen atoms in total. The van der Waals surface area contributed by atoms with Gasteiger partial charge in [-0.15, -0.1) is 6.42 Å². The molecule has 0 aromatic carbocycles. The van der Waals surface area contributed by atoms with Crippen LogP contribution in [0.5, 0.6) is 0 Å². The first kappa shape index (κ1) is 29.1. The molecule has 0 aliphatic rings. The van der Waals surface area contributed by atoms with Gasteiger partial charge in [0.2, 0.25) is 0 Å². The smallest absolute Gasteiger partial charge is 1.00 e. The molecule has 0 bridgehead atoms. The Morgan fingerprint density at radius 3 is 1.96 bits per heavy atom. The number of aliphatic hydroxyl groups is 1. The van der Waals surface area contributed by atoms with E-state index >= 15 is 0 Å². The molecule has 6 heteroatoms. The van der Waals surface area contributed by atoms with Crippen molar-refractivity contribution in [3.8, 4) is 18.8 Å².